The first kappa shape index (κ1) is 15.6. The lowest BCUT2D eigenvalue weighted by Gasteiger charge is -2.30. The minimum absolute atomic E-state index is 0.421. The Morgan fingerprint density at radius 1 is 1.04 bits per heavy atom. The van der Waals surface area contributed by atoms with Gasteiger partial charge >= 0.3 is 0 Å². The summed E-state index contributed by atoms with van der Waals surface area (Å²) < 4.78 is 0. The summed E-state index contributed by atoms with van der Waals surface area (Å²) in [5.41, 5.74) is 4.80. The number of benzene rings is 2. The van der Waals surface area contributed by atoms with Crippen LogP contribution in [0, 0.1) is 6.92 Å². The molecule has 1 aliphatic carbocycles. The topological polar surface area (TPSA) is 41.1 Å². The third-order valence-corrected chi connectivity index (χ3v) is 5.55. The fourth-order valence-corrected chi connectivity index (χ4v) is 4.44. The zero-order valence-electron chi connectivity index (χ0n) is 14.5. The van der Waals surface area contributed by atoms with Gasteiger partial charge in [-0.15, -0.1) is 0 Å². The molecule has 2 bridgehead atoms. The van der Waals surface area contributed by atoms with Crippen molar-refractivity contribution >= 4 is 29.1 Å². The number of fused-ring (bicyclic) bond motifs is 5. The highest BCUT2D eigenvalue weighted by Crippen LogP contribution is 2.51. The maximum Gasteiger partial charge on any atom is 0.229 e. The number of anilines is 3. The Bertz CT molecular complexity index is 987. The van der Waals surface area contributed by atoms with Crippen molar-refractivity contribution in [3.05, 3.63) is 76.4 Å². The summed E-state index contributed by atoms with van der Waals surface area (Å²) in [6, 6.07) is 18.9. The van der Waals surface area contributed by atoms with Crippen LogP contribution in [0.4, 0.5) is 17.5 Å². The van der Waals surface area contributed by atoms with Crippen molar-refractivity contribution in [3.8, 4) is 0 Å². The molecular weight excluding hydrogens is 344 g/mol. The van der Waals surface area contributed by atoms with Gasteiger partial charge in [0.15, 0.2) is 0 Å². The monoisotopic (exact) mass is 362 g/mol. The summed E-state index contributed by atoms with van der Waals surface area (Å²) in [7, 11) is 0. The Morgan fingerprint density at radius 2 is 1.88 bits per heavy atom. The number of aromatic nitrogens is 2. The van der Waals surface area contributed by atoms with Gasteiger partial charge in [-0.3, -0.25) is 0 Å². The molecule has 1 aliphatic heterocycles. The lowest BCUT2D eigenvalue weighted by atomic mass is 9.99. The van der Waals surface area contributed by atoms with Gasteiger partial charge in [0.2, 0.25) is 5.95 Å². The molecule has 4 nitrogen and oxygen atoms in total. The van der Waals surface area contributed by atoms with Gasteiger partial charge in [0.25, 0.3) is 0 Å². The van der Waals surface area contributed by atoms with E-state index in [0.717, 1.165) is 23.7 Å². The minimum Gasteiger partial charge on any atom is -0.349 e. The van der Waals surface area contributed by atoms with Gasteiger partial charge in [-0.25, -0.2) is 4.98 Å². The van der Waals surface area contributed by atoms with Gasteiger partial charge in [-0.05, 0) is 42.7 Å². The van der Waals surface area contributed by atoms with E-state index >= 15 is 0 Å². The van der Waals surface area contributed by atoms with Crippen molar-refractivity contribution in [1.29, 1.82) is 0 Å². The highest BCUT2D eigenvalue weighted by Gasteiger charge is 2.42. The van der Waals surface area contributed by atoms with Crippen LogP contribution >= 0.6 is 11.6 Å². The van der Waals surface area contributed by atoms with E-state index in [0.29, 0.717) is 22.9 Å². The summed E-state index contributed by atoms with van der Waals surface area (Å²) in [6.07, 6.45) is 1.18. The molecule has 1 N–H and O–H groups in total. The standard InChI is InChI=1S/C21H19ClN4/c1-13-9-20(25-21(23-13)24-16-6-4-5-15(22)11-16)26-12-14-10-19(26)18-8-3-2-7-17(14)18/h2-9,11,14,19H,10,12H2,1H3,(H,23,24,25)/t14-,19+/m1/s1. The van der Waals surface area contributed by atoms with Gasteiger partial charge < -0.3 is 10.2 Å². The van der Waals surface area contributed by atoms with Crippen molar-refractivity contribution in [3.63, 3.8) is 0 Å². The van der Waals surface area contributed by atoms with Gasteiger partial charge in [-0.1, -0.05) is 41.9 Å². The first-order chi connectivity index (χ1) is 12.7. The van der Waals surface area contributed by atoms with Gasteiger partial charge in [0, 0.05) is 34.9 Å². The molecule has 0 spiro atoms. The third-order valence-electron chi connectivity index (χ3n) is 5.31. The molecule has 26 heavy (non-hydrogen) atoms. The molecule has 2 atom stereocenters. The number of nitrogens with one attached hydrogen (secondary N) is 1. The van der Waals surface area contributed by atoms with Crippen molar-refractivity contribution in [2.24, 2.45) is 0 Å². The predicted molar refractivity (Wildman–Crippen MR) is 105 cm³/mol. The second-order valence-electron chi connectivity index (χ2n) is 7.06. The molecule has 2 heterocycles. The van der Waals surface area contributed by atoms with E-state index in [1.807, 2.05) is 31.2 Å². The number of hydrogen-bond donors (Lipinski definition) is 1. The average molecular weight is 363 g/mol. The number of rotatable bonds is 3. The Balaban J connectivity index is 1.47. The van der Waals surface area contributed by atoms with Gasteiger partial charge in [0.1, 0.15) is 5.82 Å². The van der Waals surface area contributed by atoms with Gasteiger partial charge in [0.05, 0.1) is 6.04 Å². The van der Waals surface area contributed by atoms with Crippen LogP contribution < -0.4 is 10.2 Å². The average Bonchev–Trinajstić information content (AvgIpc) is 3.21. The highest BCUT2D eigenvalue weighted by molar-refractivity contribution is 6.30. The Labute approximate surface area is 157 Å². The summed E-state index contributed by atoms with van der Waals surface area (Å²) in [5, 5.41) is 3.97. The lowest BCUT2D eigenvalue weighted by Crippen LogP contribution is -2.28. The van der Waals surface area contributed by atoms with Crippen LogP contribution in [-0.4, -0.2) is 16.5 Å². The zero-order chi connectivity index (χ0) is 17.7. The van der Waals surface area contributed by atoms with Crippen LogP contribution in [0.3, 0.4) is 0 Å². The molecule has 0 radical (unpaired) electrons. The number of hydrogen-bond acceptors (Lipinski definition) is 4. The van der Waals surface area contributed by atoms with E-state index < -0.39 is 0 Å². The molecule has 0 amide bonds. The van der Waals surface area contributed by atoms with Crippen LogP contribution in [0.15, 0.2) is 54.6 Å². The normalized spacial score (nSPS) is 20.3. The van der Waals surface area contributed by atoms with Crippen molar-refractivity contribution in [2.75, 3.05) is 16.8 Å². The maximum atomic E-state index is 6.08. The molecule has 0 unspecified atom stereocenters. The molecule has 5 heteroatoms. The Kier molecular flexibility index (Phi) is 3.61. The summed E-state index contributed by atoms with van der Waals surface area (Å²) in [6.45, 7) is 3.03. The largest absolute Gasteiger partial charge is 0.349 e. The SMILES string of the molecule is Cc1cc(N2C[C@H]3C[C@H]2c2ccccc23)nc(Nc2cccc(Cl)c2)n1. The van der Waals surface area contributed by atoms with Crippen LogP contribution in [0.2, 0.25) is 5.02 Å². The summed E-state index contributed by atoms with van der Waals surface area (Å²) >= 11 is 6.08. The van der Waals surface area contributed by atoms with E-state index in [1.54, 1.807) is 0 Å². The molecule has 1 aromatic heterocycles. The number of aryl methyl sites for hydroxylation is 1. The van der Waals surface area contributed by atoms with E-state index in [1.165, 1.54) is 17.5 Å². The second-order valence-corrected chi connectivity index (χ2v) is 7.49. The quantitative estimate of drug-likeness (QED) is 0.692. The van der Waals surface area contributed by atoms with E-state index in [-0.39, 0.29) is 0 Å². The van der Waals surface area contributed by atoms with Crippen molar-refractivity contribution in [1.82, 2.24) is 9.97 Å². The predicted octanol–water partition coefficient (Wildman–Crippen LogP) is 5.23. The number of nitrogens with zero attached hydrogens (tertiary/aromatic N) is 3. The molecule has 2 aliphatic rings. The van der Waals surface area contributed by atoms with E-state index in [9.17, 15) is 0 Å². The smallest absolute Gasteiger partial charge is 0.229 e. The van der Waals surface area contributed by atoms with Crippen LogP contribution in [0.1, 0.15) is 35.2 Å². The molecule has 1 fully saturated rings. The zero-order valence-corrected chi connectivity index (χ0v) is 15.2. The first-order valence-corrected chi connectivity index (χ1v) is 9.29. The molecule has 5 rings (SSSR count). The maximum absolute atomic E-state index is 6.08. The van der Waals surface area contributed by atoms with E-state index in [2.05, 4.69) is 45.5 Å². The summed E-state index contributed by atoms with van der Waals surface area (Å²) in [5.74, 6) is 2.21. The fraction of sp³-hybridized carbons (Fsp3) is 0.238. The van der Waals surface area contributed by atoms with Crippen molar-refractivity contribution < 1.29 is 0 Å². The van der Waals surface area contributed by atoms with E-state index in [4.69, 9.17) is 16.6 Å². The molecule has 0 saturated carbocycles. The summed E-state index contributed by atoms with van der Waals surface area (Å²) in [4.78, 5) is 11.8. The first-order valence-electron chi connectivity index (χ1n) is 8.91. The third kappa shape index (κ3) is 2.61. The van der Waals surface area contributed by atoms with Crippen LogP contribution in [-0.2, 0) is 0 Å². The highest BCUT2D eigenvalue weighted by atomic mass is 35.5. The molecule has 3 aromatic rings. The van der Waals surface area contributed by atoms with Crippen LogP contribution in [0.5, 0.6) is 0 Å². The Hall–Kier alpha value is -2.59. The Morgan fingerprint density at radius 3 is 2.73 bits per heavy atom. The van der Waals surface area contributed by atoms with Gasteiger partial charge in [-0.2, -0.15) is 4.98 Å². The molecular formula is C21H19ClN4. The lowest BCUT2D eigenvalue weighted by molar-refractivity contribution is 0.728. The molecule has 130 valence electrons. The number of halogens is 1. The molecule has 2 aromatic carbocycles. The second kappa shape index (κ2) is 5.99. The van der Waals surface area contributed by atoms with Crippen LogP contribution in [0.25, 0.3) is 0 Å². The van der Waals surface area contributed by atoms with Crippen molar-refractivity contribution in [2.45, 2.75) is 25.3 Å². The fourth-order valence-electron chi connectivity index (χ4n) is 4.25. The molecule has 1 saturated heterocycles. The minimum atomic E-state index is 0.421.